The Morgan fingerprint density at radius 2 is 1.64 bits per heavy atom. The largest absolute Gasteiger partial charge is 0.486 e. The van der Waals surface area contributed by atoms with Gasteiger partial charge in [0.25, 0.3) is 0 Å². The zero-order valence-electron chi connectivity index (χ0n) is 19.4. The molecule has 3 rings (SSSR count). The smallest absolute Gasteiger partial charge is 0.141 e. The molecule has 0 unspecified atom stereocenters. The van der Waals surface area contributed by atoms with E-state index in [0.29, 0.717) is 30.1 Å². The summed E-state index contributed by atoms with van der Waals surface area (Å²) in [6, 6.07) is 13.4. The summed E-state index contributed by atoms with van der Waals surface area (Å²) in [5.41, 5.74) is 3.82. The zero-order valence-corrected chi connectivity index (χ0v) is 20.3. The third-order valence-corrected chi connectivity index (χ3v) is 9.44. The first kappa shape index (κ1) is 25.9. The molecule has 7 nitrogen and oxygen atoms in total. The minimum atomic E-state index is -2.26. The molecular weight excluding hydrogens is 443 g/mol. The molecule has 1 heterocycles. The third-order valence-electron chi connectivity index (χ3n) is 6.53. The van der Waals surface area contributed by atoms with Crippen LogP contribution in [0, 0.1) is 6.92 Å². The lowest BCUT2D eigenvalue weighted by atomic mass is 9.89. The van der Waals surface area contributed by atoms with Crippen LogP contribution in [0.2, 0.25) is 0 Å². The van der Waals surface area contributed by atoms with Crippen LogP contribution in [0.5, 0.6) is 5.75 Å². The van der Waals surface area contributed by atoms with Crippen LogP contribution >= 0.6 is 7.14 Å². The number of aryl methyl sites for hydroxylation is 1. The molecule has 0 radical (unpaired) electrons. The lowest BCUT2D eigenvalue weighted by Crippen LogP contribution is -2.55. The Morgan fingerprint density at radius 1 is 0.970 bits per heavy atom. The second kappa shape index (κ2) is 11.1. The van der Waals surface area contributed by atoms with Crippen molar-refractivity contribution in [3.63, 3.8) is 0 Å². The van der Waals surface area contributed by atoms with Crippen LogP contribution in [0.15, 0.2) is 42.5 Å². The van der Waals surface area contributed by atoms with Crippen molar-refractivity contribution in [1.29, 1.82) is 0 Å². The van der Waals surface area contributed by atoms with Crippen molar-refractivity contribution < 1.29 is 34.5 Å². The summed E-state index contributed by atoms with van der Waals surface area (Å²) in [5, 5.41) is 40.0. The van der Waals surface area contributed by atoms with Crippen molar-refractivity contribution in [1.82, 2.24) is 0 Å². The van der Waals surface area contributed by atoms with Gasteiger partial charge in [-0.05, 0) is 47.7 Å². The van der Waals surface area contributed by atoms with Crippen LogP contribution in [0.25, 0.3) is 0 Å². The van der Waals surface area contributed by atoms with E-state index in [4.69, 9.17) is 9.47 Å². The average molecular weight is 479 g/mol. The highest BCUT2D eigenvalue weighted by molar-refractivity contribution is 7.63. The number of rotatable bonds is 9. The van der Waals surface area contributed by atoms with Crippen LogP contribution < -0.4 is 4.74 Å². The van der Waals surface area contributed by atoms with Crippen LogP contribution in [0.3, 0.4) is 0 Å². The molecule has 0 amide bonds. The van der Waals surface area contributed by atoms with Crippen molar-refractivity contribution >= 4 is 7.14 Å². The molecule has 0 bridgehead atoms. The Hall–Kier alpha value is -1.73. The molecule has 1 fully saturated rings. The maximum absolute atomic E-state index is 12.5. The van der Waals surface area contributed by atoms with Crippen molar-refractivity contribution in [3.05, 3.63) is 64.7 Å². The predicted octanol–water partition coefficient (Wildman–Crippen LogP) is 2.84. The number of aliphatic hydroxyl groups excluding tert-OH is 4. The first-order valence-electron chi connectivity index (χ1n) is 11.4. The van der Waals surface area contributed by atoms with Gasteiger partial charge in [-0.25, -0.2) is 0 Å². The molecule has 0 aromatic heterocycles. The quantitative estimate of drug-likeness (QED) is 0.410. The van der Waals surface area contributed by atoms with Crippen LogP contribution in [-0.4, -0.2) is 70.1 Å². The molecule has 8 heteroatoms. The first-order chi connectivity index (χ1) is 15.7. The summed E-state index contributed by atoms with van der Waals surface area (Å²) in [7, 11) is -2.26. The fourth-order valence-corrected chi connectivity index (χ4v) is 5.15. The monoisotopic (exact) mass is 478 g/mol. The molecule has 33 heavy (non-hydrogen) atoms. The van der Waals surface area contributed by atoms with Gasteiger partial charge in [0.15, 0.2) is 0 Å². The molecule has 182 valence electrons. The Morgan fingerprint density at radius 3 is 2.24 bits per heavy atom. The molecule has 1 saturated heterocycles. The summed E-state index contributed by atoms with van der Waals surface area (Å²) < 4.78 is 24.0. The minimum absolute atomic E-state index is 0.250. The molecule has 0 aliphatic carbocycles. The topological polar surface area (TPSA) is 116 Å². The normalized spacial score (nSPS) is 25.7. The second-order valence-electron chi connectivity index (χ2n) is 8.72. The molecule has 4 N–H and O–H groups in total. The van der Waals surface area contributed by atoms with E-state index in [0.717, 1.165) is 16.7 Å². The van der Waals surface area contributed by atoms with E-state index < -0.39 is 44.3 Å². The van der Waals surface area contributed by atoms with E-state index in [1.807, 2.05) is 63.2 Å². The van der Waals surface area contributed by atoms with Crippen molar-refractivity contribution in [3.8, 4) is 5.75 Å². The van der Waals surface area contributed by atoms with E-state index in [1.54, 1.807) is 0 Å². The van der Waals surface area contributed by atoms with Crippen LogP contribution in [0.4, 0.5) is 0 Å². The van der Waals surface area contributed by atoms with E-state index in [-0.39, 0.29) is 6.35 Å². The first-order valence-corrected chi connectivity index (χ1v) is 13.7. The number of hydrogen-bond donors (Lipinski definition) is 4. The zero-order chi connectivity index (χ0) is 24.2. The molecule has 0 spiro atoms. The second-order valence-corrected chi connectivity index (χ2v) is 12.4. The van der Waals surface area contributed by atoms with Gasteiger partial charge in [0.1, 0.15) is 49.8 Å². The summed E-state index contributed by atoms with van der Waals surface area (Å²) in [4.78, 5) is 0. The Labute approximate surface area is 195 Å². The van der Waals surface area contributed by atoms with Crippen molar-refractivity contribution in [2.75, 3.05) is 25.3 Å². The third kappa shape index (κ3) is 6.04. The summed E-state index contributed by atoms with van der Waals surface area (Å²) in [6.07, 6.45) is -3.75. The number of ether oxygens (including phenoxy) is 2. The Kier molecular flexibility index (Phi) is 8.73. The van der Waals surface area contributed by atoms with Gasteiger partial charge in [-0.2, -0.15) is 0 Å². The van der Waals surface area contributed by atoms with Crippen LogP contribution in [-0.2, 0) is 15.7 Å². The lowest BCUT2D eigenvalue weighted by Gasteiger charge is -2.40. The maximum Gasteiger partial charge on any atom is 0.141 e. The lowest BCUT2D eigenvalue weighted by molar-refractivity contribution is -0.231. The van der Waals surface area contributed by atoms with Gasteiger partial charge in [-0.3, -0.25) is 0 Å². The van der Waals surface area contributed by atoms with E-state index in [1.165, 1.54) is 0 Å². The van der Waals surface area contributed by atoms with E-state index in [2.05, 4.69) is 0 Å². The average Bonchev–Trinajstić information content (AvgIpc) is 2.83. The van der Waals surface area contributed by atoms with E-state index in [9.17, 15) is 25.0 Å². The molecule has 2 aromatic rings. The van der Waals surface area contributed by atoms with Gasteiger partial charge < -0.3 is 34.5 Å². The highest BCUT2D eigenvalue weighted by Crippen LogP contribution is 2.44. The molecule has 1 aliphatic rings. The van der Waals surface area contributed by atoms with Gasteiger partial charge in [0.2, 0.25) is 0 Å². The highest BCUT2D eigenvalue weighted by Gasteiger charge is 2.43. The fraction of sp³-hybridized carbons (Fsp3) is 0.520. The van der Waals surface area contributed by atoms with Crippen LogP contribution in [0.1, 0.15) is 42.2 Å². The molecule has 1 aliphatic heterocycles. The van der Waals surface area contributed by atoms with Crippen molar-refractivity contribution in [2.45, 2.75) is 57.7 Å². The Balaban J connectivity index is 1.73. The van der Waals surface area contributed by atoms with Gasteiger partial charge in [-0.1, -0.05) is 44.2 Å². The van der Waals surface area contributed by atoms with Crippen molar-refractivity contribution in [2.24, 2.45) is 0 Å². The molecular formula is C25H35O7P. The SMILES string of the molecule is CCP(=O)(CC)COc1ccc(Cc2cc([C@@H]3O[C@H](CO)[C@@H](O)[C@H](O)[C@H]3O)ccc2C)cc1. The fourth-order valence-electron chi connectivity index (χ4n) is 3.96. The van der Waals surface area contributed by atoms with Gasteiger partial charge >= 0.3 is 0 Å². The molecule has 2 aromatic carbocycles. The van der Waals surface area contributed by atoms with Gasteiger partial charge in [0.05, 0.1) is 6.61 Å². The Bertz CT molecular complexity index is 952. The molecule has 0 saturated carbocycles. The number of aliphatic hydroxyl groups is 4. The summed E-state index contributed by atoms with van der Waals surface area (Å²) in [6.45, 7) is 5.39. The molecule has 5 atom stereocenters. The number of hydrogen-bond acceptors (Lipinski definition) is 7. The van der Waals surface area contributed by atoms with Gasteiger partial charge in [-0.15, -0.1) is 0 Å². The summed E-state index contributed by atoms with van der Waals surface area (Å²) >= 11 is 0. The standard InChI is InChI=1S/C25H35O7P/c1-4-33(30,5-2)15-31-20-10-7-17(8-11-20)12-19-13-18(9-6-16(19)3)25-24(29)23(28)22(27)21(14-26)32-25/h6-11,13,21-29H,4-5,12,14-15H2,1-3H3/t21-,22-,23+,24-,25+/m1/s1. The van der Waals surface area contributed by atoms with E-state index >= 15 is 0 Å². The minimum Gasteiger partial charge on any atom is -0.486 e. The van der Waals surface area contributed by atoms with Gasteiger partial charge in [0, 0.05) is 12.3 Å². The predicted molar refractivity (Wildman–Crippen MR) is 127 cm³/mol. The maximum atomic E-state index is 12.5. The highest BCUT2D eigenvalue weighted by atomic mass is 31.2. The summed E-state index contributed by atoms with van der Waals surface area (Å²) in [5.74, 6) is 0.688. The number of benzene rings is 2.